The van der Waals surface area contributed by atoms with Crippen molar-refractivity contribution in [2.75, 3.05) is 26.4 Å². The summed E-state index contributed by atoms with van der Waals surface area (Å²) in [6, 6.07) is 0. The highest BCUT2D eigenvalue weighted by molar-refractivity contribution is 7.47. The Kier molecular flexibility index (Phi) is 71.8. The first-order valence-corrected chi connectivity index (χ1v) is 39.8. The molecule has 0 saturated carbocycles. The van der Waals surface area contributed by atoms with Crippen LogP contribution in [-0.4, -0.2) is 49.3 Å². The van der Waals surface area contributed by atoms with Crippen molar-refractivity contribution in [3.05, 3.63) is 60.8 Å². The van der Waals surface area contributed by atoms with Gasteiger partial charge < -0.3 is 20.1 Å². The first-order chi connectivity index (χ1) is 43.3. The van der Waals surface area contributed by atoms with E-state index in [9.17, 15) is 19.0 Å². The third kappa shape index (κ3) is 72.8. The van der Waals surface area contributed by atoms with E-state index in [2.05, 4.69) is 74.6 Å². The van der Waals surface area contributed by atoms with Crippen LogP contribution < -0.4 is 5.73 Å². The van der Waals surface area contributed by atoms with Gasteiger partial charge in [0.15, 0.2) is 6.10 Å². The summed E-state index contributed by atoms with van der Waals surface area (Å²) in [5, 5.41) is 0. The highest BCUT2D eigenvalue weighted by Gasteiger charge is 2.26. The van der Waals surface area contributed by atoms with Crippen molar-refractivity contribution in [1.82, 2.24) is 0 Å². The molecule has 0 aliphatic rings. The molecule has 516 valence electrons. The molecule has 9 nitrogen and oxygen atoms in total. The largest absolute Gasteiger partial charge is 0.472 e. The molecule has 0 aliphatic heterocycles. The number of hydrogen-bond acceptors (Lipinski definition) is 8. The standard InChI is InChI=1S/C78H146NO8P/c1-3-5-7-9-11-13-15-17-19-21-23-25-27-29-31-33-35-36-37-38-39-40-41-43-45-47-49-51-53-55-57-59-61-63-65-67-69-71-78(81)87-76(75-86-88(82,83)85-73-72-79)74-84-77(80)70-68-66-64-62-60-58-56-54-52-50-48-46-44-42-34-32-30-28-26-24-22-20-18-16-14-12-10-8-6-4-2/h5,7,11,13,17,19,23,25,29,31,76H,3-4,6,8-10,12,14-16,18,20-22,24,26-28,30,32-75,79H2,1-2H3,(H,82,83)/b7-5-,13-11-,19-17-,25-23-,31-29-. The van der Waals surface area contributed by atoms with Gasteiger partial charge in [-0.2, -0.15) is 0 Å². The lowest BCUT2D eigenvalue weighted by atomic mass is 10.0. The third-order valence-electron chi connectivity index (χ3n) is 17.2. The van der Waals surface area contributed by atoms with Crippen LogP contribution in [0, 0.1) is 0 Å². The SMILES string of the molecule is CC/C=C\C/C=C\C/C=C\C/C=C\C/C=C\CCCCCCCCCCCCCCCCCCCCCCCC(=O)OC(COC(=O)CCCCCCCCCCCCCCCCCCCCCCCCCCCCCCCC)COP(=O)(O)OCCN. The van der Waals surface area contributed by atoms with E-state index < -0.39 is 26.5 Å². The normalized spacial score (nSPS) is 13.2. The number of phosphoric acid groups is 1. The molecule has 88 heavy (non-hydrogen) atoms. The zero-order valence-corrected chi connectivity index (χ0v) is 59.1. The van der Waals surface area contributed by atoms with Gasteiger partial charge in [0.2, 0.25) is 0 Å². The number of esters is 2. The van der Waals surface area contributed by atoms with Gasteiger partial charge in [-0.05, 0) is 57.8 Å². The van der Waals surface area contributed by atoms with Gasteiger partial charge in [-0.15, -0.1) is 0 Å². The minimum absolute atomic E-state index is 0.0556. The highest BCUT2D eigenvalue weighted by atomic mass is 31.2. The Bertz CT molecular complexity index is 1630. The summed E-state index contributed by atoms with van der Waals surface area (Å²) in [4.78, 5) is 35.4. The number of nitrogens with two attached hydrogens (primary N) is 1. The number of unbranched alkanes of at least 4 members (excludes halogenated alkanes) is 50. The van der Waals surface area contributed by atoms with Gasteiger partial charge in [0.05, 0.1) is 13.2 Å². The van der Waals surface area contributed by atoms with Gasteiger partial charge in [-0.1, -0.05) is 383 Å². The van der Waals surface area contributed by atoms with Gasteiger partial charge in [0.25, 0.3) is 0 Å². The molecule has 0 aliphatic carbocycles. The number of ether oxygens (including phenoxy) is 2. The maximum atomic E-state index is 12.8. The predicted octanol–water partition coefficient (Wildman–Crippen LogP) is 25.4. The molecule has 10 heteroatoms. The van der Waals surface area contributed by atoms with E-state index in [0.717, 1.165) is 64.2 Å². The van der Waals surface area contributed by atoms with Crippen LogP contribution in [0.1, 0.15) is 393 Å². The van der Waals surface area contributed by atoms with Crippen LogP contribution in [0.2, 0.25) is 0 Å². The molecule has 0 rings (SSSR count). The second-order valence-corrected chi connectivity index (χ2v) is 27.3. The molecular weight excluding hydrogens is 1110 g/mol. The summed E-state index contributed by atoms with van der Waals surface area (Å²) in [6.45, 7) is 3.71. The smallest absolute Gasteiger partial charge is 0.462 e. The number of phosphoric ester groups is 1. The van der Waals surface area contributed by atoms with Crippen molar-refractivity contribution in [3.63, 3.8) is 0 Å². The van der Waals surface area contributed by atoms with Gasteiger partial charge in [0, 0.05) is 19.4 Å². The summed E-state index contributed by atoms with van der Waals surface area (Å²) in [5.41, 5.74) is 5.41. The Morgan fingerprint density at radius 2 is 0.625 bits per heavy atom. The fourth-order valence-corrected chi connectivity index (χ4v) is 12.3. The Labute approximate surface area is 546 Å². The molecular formula is C78H146NO8P. The molecule has 0 radical (unpaired) electrons. The van der Waals surface area contributed by atoms with Gasteiger partial charge in [-0.25, -0.2) is 4.57 Å². The lowest BCUT2D eigenvalue weighted by Gasteiger charge is -2.19. The molecule has 2 unspecified atom stereocenters. The van der Waals surface area contributed by atoms with Crippen molar-refractivity contribution < 1.29 is 37.6 Å². The number of allylic oxidation sites excluding steroid dienone is 10. The summed E-state index contributed by atoms with van der Waals surface area (Å²) >= 11 is 0. The quantitative estimate of drug-likeness (QED) is 0.0264. The number of hydrogen-bond donors (Lipinski definition) is 2. The zero-order chi connectivity index (χ0) is 63.7. The van der Waals surface area contributed by atoms with Crippen molar-refractivity contribution in [3.8, 4) is 0 Å². The Balaban J connectivity index is 3.78. The van der Waals surface area contributed by atoms with Crippen LogP contribution in [0.15, 0.2) is 60.8 Å². The average molecular weight is 1260 g/mol. The van der Waals surface area contributed by atoms with Gasteiger partial charge in [0.1, 0.15) is 6.61 Å². The molecule has 0 aromatic rings. The van der Waals surface area contributed by atoms with E-state index in [-0.39, 0.29) is 38.6 Å². The average Bonchev–Trinajstić information content (AvgIpc) is 3.60. The number of rotatable bonds is 73. The second-order valence-electron chi connectivity index (χ2n) is 25.9. The first-order valence-electron chi connectivity index (χ1n) is 38.3. The molecule has 0 aromatic carbocycles. The summed E-state index contributed by atoms with van der Waals surface area (Å²) in [6.07, 6.45) is 96.4. The van der Waals surface area contributed by atoms with Crippen molar-refractivity contribution >= 4 is 19.8 Å². The molecule has 2 atom stereocenters. The van der Waals surface area contributed by atoms with E-state index in [1.165, 1.54) is 295 Å². The van der Waals surface area contributed by atoms with Crippen molar-refractivity contribution in [1.29, 1.82) is 0 Å². The Morgan fingerprint density at radius 3 is 0.932 bits per heavy atom. The lowest BCUT2D eigenvalue weighted by molar-refractivity contribution is -0.161. The van der Waals surface area contributed by atoms with Crippen LogP contribution in [0.25, 0.3) is 0 Å². The summed E-state index contributed by atoms with van der Waals surface area (Å²) in [7, 11) is -4.39. The predicted molar refractivity (Wildman–Crippen MR) is 381 cm³/mol. The fourth-order valence-electron chi connectivity index (χ4n) is 11.6. The van der Waals surface area contributed by atoms with E-state index in [1.54, 1.807) is 0 Å². The minimum atomic E-state index is -4.39. The number of carbonyl (C=O) groups excluding carboxylic acids is 2. The molecule has 0 amide bonds. The van der Waals surface area contributed by atoms with Crippen LogP contribution in [0.4, 0.5) is 0 Å². The van der Waals surface area contributed by atoms with Crippen LogP contribution in [0.5, 0.6) is 0 Å². The molecule has 0 heterocycles. The Hall–Kier alpha value is -2.29. The monoisotopic (exact) mass is 1260 g/mol. The Morgan fingerprint density at radius 1 is 0.352 bits per heavy atom. The highest BCUT2D eigenvalue weighted by Crippen LogP contribution is 2.43. The molecule has 0 fully saturated rings. The molecule has 0 aromatic heterocycles. The lowest BCUT2D eigenvalue weighted by Crippen LogP contribution is -2.29. The zero-order valence-electron chi connectivity index (χ0n) is 58.2. The van der Waals surface area contributed by atoms with Crippen molar-refractivity contribution in [2.45, 2.75) is 399 Å². The summed E-state index contributed by atoms with van der Waals surface area (Å²) < 4.78 is 33.3. The van der Waals surface area contributed by atoms with Gasteiger partial charge in [-0.3, -0.25) is 18.6 Å². The van der Waals surface area contributed by atoms with Crippen LogP contribution in [-0.2, 0) is 32.7 Å². The van der Waals surface area contributed by atoms with Crippen LogP contribution >= 0.6 is 7.82 Å². The first kappa shape index (κ1) is 85.7. The summed E-state index contributed by atoms with van der Waals surface area (Å²) in [5.74, 6) is -0.803. The van der Waals surface area contributed by atoms with E-state index >= 15 is 0 Å². The molecule has 3 N–H and O–H groups in total. The number of carbonyl (C=O) groups is 2. The topological polar surface area (TPSA) is 134 Å². The maximum absolute atomic E-state index is 12.8. The fraction of sp³-hybridized carbons (Fsp3) is 0.846. The second kappa shape index (κ2) is 73.8. The molecule has 0 bridgehead atoms. The third-order valence-corrected chi connectivity index (χ3v) is 18.2. The van der Waals surface area contributed by atoms with E-state index in [1.807, 2.05) is 0 Å². The van der Waals surface area contributed by atoms with E-state index in [0.29, 0.717) is 6.42 Å². The van der Waals surface area contributed by atoms with Crippen LogP contribution in [0.3, 0.4) is 0 Å². The molecule has 0 spiro atoms. The van der Waals surface area contributed by atoms with E-state index in [4.69, 9.17) is 24.3 Å². The molecule has 0 saturated heterocycles. The maximum Gasteiger partial charge on any atom is 0.472 e. The van der Waals surface area contributed by atoms with Gasteiger partial charge >= 0.3 is 19.8 Å². The van der Waals surface area contributed by atoms with Crippen molar-refractivity contribution in [2.24, 2.45) is 5.73 Å². The minimum Gasteiger partial charge on any atom is -0.462 e.